The first kappa shape index (κ1) is 21.3. The molecule has 6 heteroatoms. The summed E-state index contributed by atoms with van der Waals surface area (Å²) in [5, 5.41) is 11.9. The summed E-state index contributed by atoms with van der Waals surface area (Å²) in [7, 11) is 0. The van der Waals surface area contributed by atoms with E-state index in [1.54, 1.807) is 23.5 Å². The molecule has 2 N–H and O–H groups in total. The van der Waals surface area contributed by atoms with Gasteiger partial charge < -0.3 is 10.4 Å². The fraction of sp³-hybridized carbons (Fsp3) is 0.571. The molecule has 0 heterocycles. The smallest absolute Gasteiger partial charge is 0.388 e. The largest absolute Gasteiger partial charge is 0.471 e. The number of hydrogen-bond acceptors (Lipinski definition) is 2. The minimum Gasteiger partial charge on any atom is -0.388 e. The van der Waals surface area contributed by atoms with Crippen LogP contribution in [0, 0.1) is 17.8 Å². The molecule has 1 fully saturated rings. The monoisotopic (exact) mass is 381 g/mol. The predicted molar refractivity (Wildman–Crippen MR) is 97.8 cm³/mol. The molecular weight excluding hydrogens is 355 g/mol. The highest BCUT2D eigenvalue weighted by atomic mass is 19.4. The lowest BCUT2D eigenvalue weighted by molar-refractivity contribution is -0.173. The van der Waals surface area contributed by atoms with E-state index in [1.165, 1.54) is 32.1 Å². The number of carbonyl (C=O) groups is 1. The Balaban J connectivity index is 1.80. The minimum absolute atomic E-state index is 0.000379. The standard InChI is InChI=1S/C21H26F3NO2/c22-21(23,24)20(27)25-14-13-19(26)18-12-6-11-17(15-18)10-5-4-9-16-7-2-1-3-8-16/h6,11-12,15-16,19,26H,1-4,7-9,13-14H2,(H,25,27). The Morgan fingerprint density at radius 1 is 1.26 bits per heavy atom. The molecule has 0 aromatic heterocycles. The maximum absolute atomic E-state index is 12.1. The summed E-state index contributed by atoms with van der Waals surface area (Å²) in [4.78, 5) is 10.8. The van der Waals surface area contributed by atoms with Gasteiger partial charge in [0.05, 0.1) is 6.10 Å². The quantitative estimate of drug-likeness (QED) is 0.713. The molecule has 1 aliphatic rings. The highest BCUT2D eigenvalue weighted by molar-refractivity contribution is 5.81. The Morgan fingerprint density at radius 3 is 2.70 bits per heavy atom. The van der Waals surface area contributed by atoms with E-state index in [2.05, 4.69) is 11.8 Å². The van der Waals surface area contributed by atoms with Gasteiger partial charge in [-0.1, -0.05) is 56.1 Å². The molecule has 0 spiro atoms. The van der Waals surface area contributed by atoms with E-state index in [1.807, 2.05) is 6.07 Å². The number of benzene rings is 1. The van der Waals surface area contributed by atoms with Crippen LogP contribution in [-0.2, 0) is 4.79 Å². The first-order valence-electron chi connectivity index (χ1n) is 9.48. The highest BCUT2D eigenvalue weighted by Gasteiger charge is 2.38. The number of rotatable bonds is 6. The maximum Gasteiger partial charge on any atom is 0.471 e. The summed E-state index contributed by atoms with van der Waals surface area (Å²) >= 11 is 0. The number of hydrogen-bond donors (Lipinski definition) is 2. The van der Waals surface area contributed by atoms with Gasteiger partial charge >= 0.3 is 12.1 Å². The van der Waals surface area contributed by atoms with Crippen molar-refractivity contribution in [3.63, 3.8) is 0 Å². The van der Waals surface area contributed by atoms with Crippen LogP contribution in [0.15, 0.2) is 24.3 Å². The van der Waals surface area contributed by atoms with Crippen molar-refractivity contribution < 1.29 is 23.1 Å². The molecule has 1 aromatic carbocycles. The van der Waals surface area contributed by atoms with Crippen LogP contribution in [-0.4, -0.2) is 23.7 Å². The minimum atomic E-state index is -4.90. The Bertz CT molecular complexity index is 670. The zero-order valence-corrected chi connectivity index (χ0v) is 15.3. The molecule has 0 aliphatic heterocycles. The van der Waals surface area contributed by atoms with Crippen molar-refractivity contribution in [3.05, 3.63) is 35.4 Å². The van der Waals surface area contributed by atoms with Crippen molar-refractivity contribution in [2.75, 3.05) is 6.54 Å². The number of halogens is 3. The third kappa shape index (κ3) is 7.64. The molecular formula is C21H26F3NO2. The van der Waals surface area contributed by atoms with Crippen LogP contribution in [0.25, 0.3) is 0 Å². The second-order valence-corrected chi connectivity index (χ2v) is 7.03. The second-order valence-electron chi connectivity index (χ2n) is 7.03. The summed E-state index contributed by atoms with van der Waals surface area (Å²) in [5.74, 6) is 5.06. The Hall–Kier alpha value is -2.00. The van der Waals surface area contributed by atoms with Gasteiger partial charge in [0.1, 0.15) is 0 Å². The van der Waals surface area contributed by atoms with E-state index >= 15 is 0 Å². The van der Waals surface area contributed by atoms with Crippen molar-refractivity contribution in [3.8, 4) is 11.8 Å². The van der Waals surface area contributed by atoms with Gasteiger partial charge in [-0.25, -0.2) is 0 Å². The van der Waals surface area contributed by atoms with E-state index in [0.29, 0.717) is 5.56 Å². The van der Waals surface area contributed by atoms with Crippen molar-refractivity contribution in [2.45, 2.75) is 63.6 Å². The van der Waals surface area contributed by atoms with Crippen molar-refractivity contribution in [2.24, 2.45) is 5.92 Å². The van der Waals surface area contributed by atoms with Crippen LogP contribution < -0.4 is 5.32 Å². The number of carbonyl (C=O) groups excluding carboxylic acids is 1. The summed E-state index contributed by atoms with van der Waals surface area (Å²) in [6, 6.07) is 7.04. The van der Waals surface area contributed by atoms with Crippen molar-refractivity contribution >= 4 is 5.91 Å². The molecule has 148 valence electrons. The van der Waals surface area contributed by atoms with Crippen LogP contribution in [0.2, 0.25) is 0 Å². The number of amides is 1. The summed E-state index contributed by atoms with van der Waals surface area (Å²) in [6.07, 6.45) is 2.69. The van der Waals surface area contributed by atoms with Gasteiger partial charge in [-0.2, -0.15) is 13.2 Å². The normalized spacial score (nSPS) is 16.3. The zero-order valence-electron chi connectivity index (χ0n) is 15.3. The fourth-order valence-electron chi connectivity index (χ4n) is 3.33. The molecule has 27 heavy (non-hydrogen) atoms. The zero-order chi connectivity index (χ0) is 19.7. The predicted octanol–water partition coefficient (Wildman–Crippen LogP) is 4.50. The van der Waals surface area contributed by atoms with E-state index in [9.17, 15) is 23.1 Å². The SMILES string of the molecule is O=C(NCCC(O)c1cccc(C#CCCC2CCCCC2)c1)C(F)(F)F. The molecule has 3 nitrogen and oxygen atoms in total. The Morgan fingerprint density at radius 2 is 2.00 bits per heavy atom. The summed E-state index contributed by atoms with van der Waals surface area (Å²) in [6.45, 7) is -0.253. The molecule has 1 atom stereocenters. The maximum atomic E-state index is 12.1. The molecule has 1 aliphatic carbocycles. The van der Waals surface area contributed by atoms with Crippen LogP contribution in [0.1, 0.15) is 68.6 Å². The molecule has 0 bridgehead atoms. The van der Waals surface area contributed by atoms with Gasteiger partial charge in [-0.15, -0.1) is 0 Å². The topological polar surface area (TPSA) is 49.3 Å². The van der Waals surface area contributed by atoms with E-state index in [-0.39, 0.29) is 13.0 Å². The summed E-state index contributed by atoms with van der Waals surface area (Å²) in [5.41, 5.74) is 1.35. The molecule has 2 rings (SSSR count). The van der Waals surface area contributed by atoms with Gasteiger partial charge in [0.2, 0.25) is 0 Å². The number of alkyl halides is 3. The van der Waals surface area contributed by atoms with Crippen LogP contribution in [0.5, 0.6) is 0 Å². The third-order valence-electron chi connectivity index (χ3n) is 4.87. The number of nitrogens with one attached hydrogen (secondary N) is 1. The number of aliphatic hydroxyl groups is 1. The lowest BCUT2D eigenvalue weighted by Crippen LogP contribution is -2.37. The highest BCUT2D eigenvalue weighted by Crippen LogP contribution is 2.27. The van der Waals surface area contributed by atoms with Gasteiger partial charge in [-0.3, -0.25) is 4.79 Å². The van der Waals surface area contributed by atoms with Gasteiger partial charge in [0, 0.05) is 18.5 Å². The molecule has 0 saturated heterocycles. The van der Waals surface area contributed by atoms with Crippen LogP contribution in [0.3, 0.4) is 0 Å². The molecule has 1 aromatic rings. The van der Waals surface area contributed by atoms with E-state index in [4.69, 9.17) is 0 Å². The average Bonchev–Trinajstić information content (AvgIpc) is 2.65. The molecule has 1 unspecified atom stereocenters. The first-order valence-corrected chi connectivity index (χ1v) is 9.48. The summed E-state index contributed by atoms with van der Waals surface area (Å²) < 4.78 is 36.4. The second kappa shape index (κ2) is 10.4. The lowest BCUT2D eigenvalue weighted by Gasteiger charge is -2.20. The third-order valence-corrected chi connectivity index (χ3v) is 4.87. The first-order chi connectivity index (χ1) is 12.9. The van der Waals surface area contributed by atoms with Gasteiger partial charge in [0.25, 0.3) is 0 Å². The molecule has 1 amide bonds. The van der Waals surface area contributed by atoms with Crippen LogP contribution in [0.4, 0.5) is 13.2 Å². The van der Waals surface area contributed by atoms with Gasteiger partial charge in [0.15, 0.2) is 0 Å². The van der Waals surface area contributed by atoms with E-state index < -0.39 is 18.2 Å². The Labute approximate surface area is 158 Å². The fourth-order valence-corrected chi connectivity index (χ4v) is 3.33. The Kier molecular flexibility index (Phi) is 8.18. The van der Waals surface area contributed by atoms with Crippen molar-refractivity contribution in [1.29, 1.82) is 0 Å². The van der Waals surface area contributed by atoms with Crippen LogP contribution >= 0.6 is 0 Å². The molecule has 1 saturated carbocycles. The van der Waals surface area contributed by atoms with Crippen molar-refractivity contribution in [1.82, 2.24) is 5.32 Å². The molecule has 0 radical (unpaired) electrons. The van der Waals surface area contributed by atoms with Gasteiger partial charge in [-0.05, 0) is 36.5 Å². The lowest BCUT2D eigenvalue weighted by atomic mass is 9.86. The van der Waals surface area contributed by atoms with E-state index in [0.717, 1.165) is 24.3 Å². The average molecular weight is 381 g/mol. The number of aliphatic hydroxyl groups excluding tert-OH is 1.